The van der Waals surface area contributed by atoms with Crippen molar-refractivity contribution in [1.29, 1.82) is 0 Å². The minimum atomic E-state index is -1.19. The van der Waals surface area contributed by atoms with E-state index >= 15 is 0 Å². The number of ether oxygens (including phenoxy) is 1. The van der Waals surface area contributed by atoms with Crippen LogP contribution >= 0.6 is 11.6 Å². The van der Waals surface area contributed by atoms with Gasteiger partial charge < -0.3 is 9.64 Å². The van der Waals surface area contributed by atoms with Crippen LogP contribution in [0, 0.1) is 17.0 Å². The van der Waals surface area contributed by atoms with Crippen LogP contribution in [0.4, 0.5) is 11.4 Å². The first-order valence-electron chi connectivity index (χ1n) is 11.2. The summed E-state index contributed by atoms with van der Waals surface area (Å²) in [7, 11) is 0. The van der Waals surface area contributed by atoms with Crippen LogP contribution in [0.2, 0.25) is 5.02 Å². The van der Waals surface area contributed by atoms with Gasteiger partial charge in [0, 0.05) is 16.8 Å². The fourth-order valence-electron chi connectivity index (χ4n) is 4.69. The first-order chi connectivity index (χ1) is 17.2. The quantitative estimate of drug-likeness (QED) is 0.208. The first-order valence-corrected chi connectivity index (χ1v) is 11.6. The third-order valence-electron chi connectivity index (χ3n) is 6.43. The van der Waals surface area contributed by atoms with Crippen LogP contribution < -0.4 is 9.64 Å². The van der Waals surface area contributed by atoms with Crippen LogP contribution in [0.3, 0.4) is 0 Å². The van der Waals surface area contributed by atoms with Gasteiger partial charge in [0.25, 0.3) is 23.4 Å². The molecule has 0 N–H and O–H groups in total. The summed E-state index contributed by atoms with van der Waals surface area (Å²) in [6, 6.07) is 14.1. The lowest BCUT2D eigenvalue weighted by molar-refractivity contribution is -0.385. The van der Waals surface area contributed by atoms with Crippen LogP contribution in [-0.4, -0.2) is 40.2 Å². The molecule has 0 aliphatic carbocycles. The fraction of sp³-hybridized carbons (Fsp3) is 0.192. The number of hydrogen-bond donors (Lipinski definition) is 0. The molecule has 2 aliphatic rings. The van der Waals surface area contributed by atoms with Crippen LogP contribution in [-0.2, 0) is 4.79 Å². The van der Waals surface area contributed by atoms with E-state index in [1.807, 2.05) is 13.8 Å². The lowest BCUT2D eigenvalue weighted by atomic mass is 9.86. The smallest absolute Gasteiger partial charge is 0.282 e. The molecular formula is C26H20ClN3O6. The molecule has 0 bridgehead atoms. The predicted octanol–water partition coefficient (Wildman–Crippen LogP) is 4.71. The number of β-lactam (4-membered cyclic amide) rings is 1. The number of nitro groups is 1. The largest absolute Gasteiger partial charge is 0.494 e. The van der Waals surface area contributed by atoms with Gasteiger partial charge in [0.1, 0.15) is 17.4 Å². The Kier molecular flexibility index (Phi) is 5.72. The summed E-state index contributed by atoms with van der Waals surface area (Å²) in [6.45, 7) is 4.17. The molecule has 0 radical (unpaired) electrons. The number of anilines is 1. The highest BCUT2D eigenvalue weighted by Crippen LogP contribution is 2.46. The molecule has 3 aromatic carbocycles. The maximum Gasteiger partial charge on any atom is 0.282 e. The van der Waals surface area contributed by atoms with Crippen molar-refractivity contribution in [1.82, 2.24) is 4.90 Å². The SMILES string of the molecule is CCOc1ccc([C@H]2[C@@H](N3C(=O)c4cccc([N+](=O)[O-])c4C3=O)C(=O)N2c2ccc(C)c(Cl)c2)cc1. The molecular weight excluding hydrogens is 486 g/mol. The summed E-state index contributed by atoms with van der Waals surface area (Å²) in [6.07, 6.45) is 0. The Balaban J connectivity index is 1.59. The van der Waals surface area contributed by atoms with Crippen LogP contribution in [0.25, 0.3) is 0 Å². The zero-order valence-corrected chi connectivity index (χ0v) is 20.1. The molecule has 10 heteroatoms. The van der Waals surface area contributed by atoms with Gasteiger partial charge in [-0.15, -0.1) is 0 Å². The highest BCUT2D eigenvalue weighted by atomic mass is 35.5. The average Bonchev–Trinajstić information content (AvgIpc) is 3.10. The van der Waals surface area contributed by atoms with E-state index in [9.17, 15) is 24.5 Å². The van der Waals surface area contributed by atoms with Gasteiger partial charge in [-0.3, -0.25) is 29.4 Å². The van der Waals surface area contributed by atoms with Gasteiger partial charge in [-0.1, -0.05) is 35.9 Å². The second kappa shape index (κ2) is 8.76. The van der Waals surface area contributed by atoms with Crippen molar-refractivity contribution < 1.29 is 24.0 Å². The number of hydrogen-bond acceptors (Lipinski definition) is 6. The number of carbonyl (C=O) groups is 3. The van der Waals surface area contributed by atoms with Gasteiger partial charge in [0.15, 0.2) is 0 Å². The maximum atomic E-state index is 13.5. The topological polar surface area (TPSA) is 110 Å². The van der Waals surface area contributed by atoms with E-state index in [1.54, 1.807) is 42.5 Å². The number of rotatable bonds is 6. The summed E-state index contributed by atoms with van der Waals surface area (Å²) in [5.74, 6) is -1.47. The minimum Gasteiger partial charge on any atom is -0.494 e. The van der Waals surface area contributed by atoms with Gasteiger partial charge >= 0.3 is 0 Å². The fourth-order valence-corrected chi connectivity index (χ4v) is 4.87. The van der Waals surface area contributed by atoms with Crippen molar-refractivity contribution in [3.63, 3.8) is 0 Å². The van der Waals surface area contributed by atoms with Gasteiger partial charge in [-0.05, 0) is 55.3 Å². The zero-order valence-electron chi connectivity index (χ0n) is 19.3. The number of nitrogens with zero attached hydrogens (tertiary/aromatic N) is 3. The second-order valence-electron chi connectivity index (χ2n) is 8.47. The number of amides is 3. The third kappa shape index (κ3) is 3.51. The highest BCUT2D eigenvalue weighted by Gasteiger charge is 2.58. The number of aryl methyl sites for hydroxylation is 1. The van der Waals surface area contributed by atoms with E-state index in [-0.39, 0.29) is 11.1 Å². The lowest BCUT2D eigenvalue weighted by Gasteiger charge is -2.49. The molecule has 0 spiro atoms. The number of imide groups is 1. The molecule has 3 amide bonds. The molecule has 1 fully saturated rings. The zero-order chi connectivity index (χ0) is 25.7. The molecule has 182 valence electrons. The Morgan fingerprint density at radius 3 is 2.33 bits per heavy atom. The van der Waals surface area contributed by atoms with Crippen molar-refractivity contribution in [2.45, 2.75) is 25.9 Å². The molecule has 0 unspecified atom stereocenters. The van der Waals surface area contributed by atoms with Crippen molar-refractivity contribution in [2.24, 2.45) is 0 Å². The molecule has 5 rings (SSSR count). The molecule has 1 saturated heterocycles. The Bertz CT molecular complexity index is 1440. The Hall–Kier alpha value is -4.24. The average molecular weight is 506 g/mol. The molecule has 9 nitrogen and oxygen atoms in total. The van der Waals surface area contributed by atoms with Crippen molar-refractivity contribution in [3.8, 4) is 5.75 Å². The number of benzene rings is 3. The summed E-state index contributed by atoms with van der Waals surface area (Å²) in [5, 5.41) is 12.0. The van der Waals surface area contributed by atoms with Crippen molar-refractivity contribution >= 4 is 40.7 Å². The van der Waals surface area contributed by atoms with E-state index in [4.69, 9.17) is 16.3 Å². The van der Waals surface area contributed by atoms with Crippen molar-refractivity contribution in [3.05, 3.63) is 98.1 Å². The molecule has 3 aromatic rings. The summed E-state index contributed by atoms with van der Waals surface area (Å²) >= 11 is 6.32. The van der Waals surface area contributed by atoms with Gasteiger partial charge in [-0.25, -0.2) is 0 Å². The molecule has 2 aliphatic heterocycles. The van der Waals surface area contributed by atoms with Crippen molar-refractivity contribution in [2.75, 3.05) is 11.5 Å². The van der Waals surface area contributed by atoms with E-state index < -0.39 is 40.4 Å². The van der Waals surface area contributed by atoms with Crippen LogP contribution in [0.15, 0.2) is 60.7 Å². The van der Waals surface area contributed by atoms with Gasteiger partial charge in [-0.2, -0.15) is 0 Å². The first kappa shape index (κ1) is 23.5. The van der Waals surface area contributed by atoms with Crippen LogP contribution in [0.1, 0.15) is 44.8 Å². The number of halogens is 1. The van der Waals surface area contributed by atoms with Crippen LogP contribution in [0.5, 0.6) is 5.75 Å². The van der Waals surface area contributed by atoms with E-state index in [2.05, 4.69) is 0 Å². The third-order valence-corrected chi connectivity index (χ3v) is 6.84. The number of nitro benzene ring substituents is 1. The summed E-state index contributed by atoms with van der Waals surface area (Å²) < 4.78 is 5.51. The molecule has 0 saturated carbocycles. The molecule has 2 heterocycles. The molecule has 0 aromatic heterocycles. The Morgan fingerprint density at radius 2 is 1.69 bits per heavy atom. The summed E-state index contributed by atoms with van der Waals surface area (Å²) in [5.41, 5.74) is 1.13. The Labute approximate surface area is 211 Å². The van der Waals surface area contributed by atoms with Gasteiger partial charge in [0.05, 0.1) is 23.1 Å². The van der Waals surface area contributed by atoms with Gasteiger partial charge in [0.2, 0.25) is 0 Å². The minimum absolute atomic E-state index is 0.0933. The normalized spacial score (nSPS) is 18.8. The number of fused-ring (bicyclic) bond motifs is 1. The molecule has 36 heavy (non-hydrogen) atoms. The van der Waals surface area contributed by atoms with E-state index in [0.717, 1.165) is 10.5 Å². The highest BCUT2D eigenvalue weighted by molar-refractivity contribution is 6.32. The monoisotopic (exact) mass is 505 g/mol. The Morgan fingerprint density at radius 1 is 0.972 bits per heavy atom. The summed E-state index contributed by atoms with van der Waals surface area (Å²) in [4.78, 5) is 53.3. The lowest BCUT2D eigenvalue weighted by Crippen LogP contribution is -2.67. The maximum absolute atomic E-state index is 13.5. The standard InChI is InChI=1S/C26H20ClN3O6/c1-3-36-17-11-8-15(9-12-17)22-23(26(33)28(22)16-10-7-14(2)19(27)13-16)29-24(31)18-5-4-6-20(30(34)35)21(18)25(29)32/h4-13,22-23H,3H2,1-2H3/t22-,23+/m0/s1. The second-order valence-corrected chi connectivity index (χ2v) is 8.88. The number of carbonyl (C=O) groups excluding carboxylic acids is 3. The van der Waals surface area contributed by atoms with E-state index in [1.165, 1.54) is 23.1 Å². The van der Waals surface area contributed by atoms with E-state index in [0.29, 0.717) is 28.6 Å². The predicted molar refractivity (Wildman–Crippen MR) is 131 cm³/mol. The molecule has 2 atom stereocenters.